The van der Waals surface area contributed by atoms with Gasteiger partial charge in [0.2, 0.25) is 5.91 Å². The molecule has 1 fully saturated rings. The minimum absolute atomic E-state index is 0.125. The van der Waals surface area contributed by atoms with Gasteiger partial charge >= 0.3 is 0 Å². The standard InChI is InChI=1S/C19H22N2O/c1-14-4-2-6-16(10-14)17-7-3-5-15(11-17)12-21-19(22)18-8-9-20-13-18/h2-7,10-11,18,20H,8-9,12-13H2,1H3,(H,21,22). The van der Waals surface area contributed by atoms with E-state index in [-0.39, 0.29) is 11.8 Å². The summed E-state index contributed by atoms with van der Waals surface area (Å²) in [5.41, 5.74) is 4.80. The molecule has 1 atom stereocenters. The Kier molecular flexibility index (Phi) is 4.54. The molecule has 0 bridgehead atoms. The third kappa shape index (κ3) is 3.55. The van der Waals surface area contributed by atoms with Crippen LogP contribution >= 0.6 is 0 Å². The van der Waals surface area contributed by atoms with Gasteiger partial charge in [0, 0.05) is 13.1 Å². The molecule has 2 aromatic carbocycles. The number of amides is 1. The first-order valence-electron chi connectivity index (χ1n) is 7.87. The first kappa shape index (κ1) is 14.8. The van der Waals surface area contributed by atoms with Crippen LogP contribution in [0.1, 0.15) is 17.5 Å². The van der Waals surface area contributed by atoms with Crippen molar-refractivity contribution in [2.75, 3.05) is 13.1 Å². The van der Waals surface area contributed by atoms with Gasteiger partial charge in [0.25, 0.3) is 0 Å². The molecule has 0 saturated carbocycles. The Bertz CT molecular complexity index is 660. The fraction of sp³-hybridized carbons (Fsp3) is 0.316. The van der Waals surface area contributed by atoms with Crippen molar-refractivity contribution in [1.82, 2.24) is 10.6 Å². The van der Waals surface area contributed by atoms with Crippen LogP contribution in [0.3, 0.4) is 0 Å². The van der Waals surface area contributed by atoms with E-state index in [9.17, 15) is 4.79 Å². The van der Waals surface area contributed by atoms with Crippen molar-refractivity contribution in [1.29, 1.82) is 0 Å². The number of hydrogen-bond acceptors (Lipinski definition) is 2. The summed E-state index contributed by atoms with van der Waals surface area (Å²) >= 11 is 0. The summed E-state index contributed by atoms with van der Waals surface area (Å²) in [6.45, 7) is 4.44. The molecule has 1 amide bonds. The van der Waals surface area contributed by atoms with E-state index in [2.05, 4.69) is 66.1 Å². The van der Waals surface area contributed by atoms with Crippen LogP contribution in [0, 0.1) is 12.8 Å². The van der Waals surface area contributed by atoms with Crippen molar-refractivity contribution >= 4 is 5.91 Å². The highest BCUT2D eigenvalue weighted by atomic mass is 16.1. The van der Waals surface area contributed by atoms with E-state index in [4.69, 9.17) is 0 Å². The third-order valence-corrected chi connectivity index (χ3v) is 4.18. The zero-order valence-corrected chi connectivity index (χ0v) is 12.9. The Labute approximate surface area is 131 Å². The molecule has 2 N–H and O–H groups in total. The molecular weight excluding hydrogens is 272 g/mol. The van der Waals surface area contributed by atoms with Gasteiger partial charge in [-0.2, -0.15) is 0 Å². The molecule has 1 heterocycles. The molecule has 0 spiro atoms. The molecular formula is C19H22N2O. The lowest BCUT2D eigenvalue weighted by molar-refractivity contribution is -0.124. The van der Waals surface area contributed by atoms with Crippen molar-refractivity contribution in [2.24, 2.45) is 5.92 Å². The molecule has 3 nitrogen and oxygen atoms in total. The zero-order chi connectivity index (χ0) is 15.4. The maximum Gasteiger partial charge on any atom is 0.224 e. The average molecular weight is 294 g/mol. The zero-order valence-electron chi connectivity index (χ0n) is 12.9. The summed E-state index contributed by atoms with van der Waals surface area (Å²) in [5.74, 6) is 0.283. The summed E-state index contributed by atoms with van der Waals surface area (Å²) < 4.78 is 0. The second kappa shape index (κ2) is 6.75. The number of aryl methyl sites for hydroxylation is 1. The maximum atomic E-state index is 12.1. The number of nitrogens with one attached hydrogen (secondary N) is 2. The van der Waals surface area contributed by atoms with Crippen molar-refractivity contribution in [2.45, 2.75) is 19.9 Å². The van der Waals surface area contributed by atoms with Crippen LogP contribution in [0.15, 0.2) is 48.5 Å². The molecule has 0 radical (unpaired) electrons. The smallest absolute Gasteiger partial charge is 0.224 e. The van der Waals surface area contributed by atoms with E-state index in [1.807, 2.05) is 0 Å². The first-order chi connectivity index (χ1) is 10.7. The molecule has 0 aliphatic carbocycles. The molecule has 1 saturated heterocycles. The molecule has 1 aliphatic heterocycles. The number of carbonyl (C=O) groups excluding carboxylic acids is 1. The summed E-state index contributed by atoms with van der Waals surface area (Å²) in [4.78, 5) is 12.1. The van der Waals surface area contributed by atoms with Crippen LogP contribution < -0.4 is 10.6 Å². The normalized spacial score (nSPS) is 17.4. The summed E-state index contributed by atoms with van der Waals surface area (Å²) in [7, 11) is 0. The van der Waals surface area contributed by atoms with E-state index in [0.717, 1.165) is 25.1 Å². The molecule has 0 aromatic heterocycles. The lowest BCUT2D eigenvalue weighted by Crippen LogP contribution is -2.31. The number of carbonyl (C=O) groups is 1. The molecule has 114 valence electrons. The van der Waals surface area contributed by atoms with Crippen LogP contribution in [0.2, 0.25) is 0 Å². The van der Waals surface area contributed by atoms with Gasteiger partial charge < -0.3 is 10.6 Å². The van der Waals surface area contributed by atoms with Gasteiger partial charge in [-0.05, 0) is 42.6 Å². The molecule has 22 heavy (non-hydrogen) atoms. The number of hydrogen-bond donors (Lipinski definition) is 2. The lowest BCUT2D eigenvalue weighted by Gasteiger charge is -2.11. The summed E-state index contributed by atoms with van der Waals surface area (Å²) in [6, 6.07) is 16.9. The molecule has 2 aromatic rings. The predicted octanol–water partition coefficient (Wildman–Crippen LogP) is 2.89. The summed E-state index contributed by atoms with van der Waals surface area (Å²) in [5, 5.41) is 6.28. The van der Waals surface area contributed by atoms with Crippen molar-refractivity contribution in [3.8, 4) is 11.1 Å². The van der Waals surface area contributed by atoms with Crippen LogP contribution in [-0.2, 0) is 11.3 Å². The second-order valence-corrected chi connectivity index (χ2v) is 5.98. The number of rotatable bonds is 4. The molecule has 3 rings (SSSR count). The van der Waals surface area contributed by atoms with E-state index < -0.39 is 0 Å². The van der Waals surface area contributed by atoms with Crippen LogP contribution in [0.4, 0.5) is 0 Å². The molecule has 3 heteroatoms. The van der Waals surface area contributed by atoms with Crippen molar-refractivity contribution < 1.29 is 4.79 Å². The average Bonchev–Trinajstić information content (AvgIpc) is 3.07. The summed E-state index contributed by atoms with van der Waals surface area (Å²) in [6.07, 6.45) is 0.940. The lowest BCUT2D eigenvalue weighted by atomic mass is 10.0. The van der Waals surface area contributed by atoms with E-state index in [1.54, 1.807) is 0 Å². The number of benzene rings is 2. The van der Waals surface area contributed by atoms with Crippen molar-refractivity contribution in [3.63, 3.8) is 0 Å². The van der Waals surface area contributed by atoms with Gasteiger partial charge in [0.15, 0.2) is 0 Å². The van der Waals surface area contributed by atoms with Crippen LogP contribution in [0.5, 0.6) is 0 Å². The minimum atomic E-state index is 0.125. The Morgan fingerprint density at radius 1 is 1.18 bits per heavy atom. The van der Waals surface area contributed by atoms with Crippen molar-refractivity contribution in [3.05, 3.63) is 59.7 Å². The van der Waals surface area contributed by atoms with Gasteiger partial charge in [-0.25, -0.2) is 0 Å². The fourth-order valence-electron chi connectivity index (χ4n) is 2.90. The van der Waals surface area contributed by atoms with E-state index in [0.29, 0.717) is 6.54 Å². The highest BCUT2D eigenvalue weighted by Crippen LogP contribution is 2.21. The molecule has 1 aliphatic rings. The largest absolute Gasteiger partial charge is 0.352 e. The Hall–Kier alpha value is -2.13. The third-order valence-electron chi connectivity index (χ3n) is 4.18. The quantitative estimate of drug-likeness (QED) is 0.910. The van der Waals surface area contributed by atoms with E-state index in [1.165, 1.54) is 16.7 Å². The van der Waals surface area contributed by atoms with Gasteiger partial charge in [-0.3, -0.25) is 4.79 Å². The molecule has 1 unspecified atom stereocenters. The maximum absolute atomic E-state index is 12.1. The van der Waals surface area contributed by atoms with Gasteiger partial charge in [-0.1, -0.05) is 48.0 Å². The second-order valence-electron chi connectivity index (χ2n) is 5.98. The highest BCUT2D eigenvalue weighted by molar-refractivity contribution is 5.79. The Balaban J connectivity index is 1.67. The monoisotopic (exact) mass is 294 g/mol. The van der Waals surface area contributed by atoms with Gasteiger partial charge in [0.05, 0.1) is 5.92 Å². The SMILES string of the molecule is Cc1cccc(-c2cccc(CNC(=O)C3CCNC3)c2)c1. The van der Waals surface area contributed by atoms with Crippen LogP contribution in [-0.4, -0.2) is 19.0 Å². The predicted molar refractivity (Wildman–Crippen MR) is 89.4 cm³/mol. The Morgan fingerprint density at radius 3 is 2.68 bits per heavy atom. The minimum Gasteiger partial charge on any atom is -0.352 e. The first-order valence-corrected chi connectivity index (χ1v) is 7.87. The van der Waals surface area contributed by atoms with E-state index >= 15 is 0 Å². The topological polar surface area (TPSA) is 41.1 Å². The van der Waals surface area contributed by atoms with Gasteiger partial charge in [-0.15, -0.1) is 0 Å². The fourth-order valence-corrected chi connectivity index (χ4v) is 2.90. The van der Waals surface area contributed by atoms with Gasteiger partial charge in [0.1, 0.15) is 0 Å². The van der Waals surface area contributed by atoms with Crippen LogP contribution in [0.25, 0.3) is 11.1 Å². The highest BCUT2D eigenvalue weighted by Gasteiger charge is 2.21. The Morgan fingerprint density at radius 2 is 1.95 bits per heavy atom.